The molecule has 174 valence electrons. The highest BCUT2D eigenvalue weighted by molar-refractivity contribution is 6.00. The lowest BCUT2D eigenvalue weighted by molar-refractivity contribution is -0.116. The van der Waals surface area contributed by atoms with Crippen molar-refractivity contribution in [1.29, 1.82) is 5.26 Å². The number of methoxy groups -OCH3 is 1. The Morgan fingerprint density at radius 3 is 2.82 bits per heavy atom. The van der Waals surface area contributed by atoms with E-state index in [1.165, 1.54) is 0 Å². The van der Waals surface area contributed by atoms with Gasteiger partial charge in [-0.1, -0.05) is 6.07 Å². The van der Waals surface area contributed by atoms with E-state index in [1.54, 1.807) is 38.0 Å². The van der Waals surface area contributed by atoms with Crippen LogP contribution in [0.1, 0.15) is 48.4 Å². The Balaban J connectivity index is 1.90. The van der Waals surface area contributed by atoms with Gasteiger partial charge in [0.1, 0.15) is 5.75 Å². The highest BCUT2D eigenvalue weighted by Gasteiger charge is 2.37. The Hall–Kier alpha value is -4.12. The fourth-order valence-electron chi connectivity index (χ4n) is 4.39. The number of carbonyl (C=O) groups is 1. The molecule has 34 heavy (non-hydrogen) atoms. The number of Topliss-reactive ketones (excluding diaryl/α,β-unsaturated/α-hetero) is 1. The fourth-order valence-corrected chi connectivity index (χ4v) is 4.39. The fraction of sp³-hybridized carbons (Fsp3) is 0.308. The second-order valence-corrected chi connectivity index (χ2v) is 8.11. The Bertz CT molecular complexity index is 1290. The van der Waals surface area contributed by atoms with Crippen LogP contribution in [0.2, 0.25) is 0 Å². The predicted octanol–water partition coefficient (Wildman–Crippen LogP) is 4.36. The molecule has 0 spiro atoms. The van der Waals surface area contributed by atoms with Gasteiger partial charge >= 0.3 is 0 Å². The molecule has 3 aromatic rings. The number of carbonyl (C=O) groups excluding carboxylic acids is 1. The molecule has 8 heteroatoms. The SMILES string of the molecule is CCOc1ncc(C)c2c1C(c1ccc(C#N)cc1OC)C(C(=O)CCn1ccnc1)=C(C)N2. The number of anilines is 1. The number of nitrogens with one attached hydrogen (secondary N) is 1. The van der Waals surface area contributed by atoms with Crippen LogP contribution < -0.4 is 14.8 Å². The van der Waals surface area contributed by atoms with E-state index in [0.717, 1.165) is 28.1 Å². The van der Waals surface area contributed by atoms with Crippen LogP contribution in [0.25, 0.3) is 0 Å². The molecule has 0 radical (unpaired) electrons. The first-order valence-electron chi connectivity index (χ1n) is 11.2. The molecule has 0 amide bonds. The van der Waals surface area contributed by atoms with E-state index in [0.29, 0.717) is 42.3 Å². The molecule has 1 unspecified atom stereocenters. The number of nitrogens with zero attached hydrogens (tertiary/aromatic N) is 4. The van der Waals surface area contributed by atoms with Crippen molar-refractivity contribution >= 4 is 11.5 Å². The normalized spacial score (nSPS) is 14.7. The maximum absolute atomic E-state index is 13.7. The van der Waals surface area contributed by atoms with Gasteiger partial charge < -0.3 is 19.4 Å². The summed E-state index contributed by atoms with van der Waals surface area (Å²) in [5, 5.41) is 12.8. The summed E-state index contributed by atoms with van der Waals surface area (Å²) in [6.07, 6.45) is 7.30. The van der Waals surface area contributed by atoms with Crippen molar-refractivity contribution in [2.75, 3.05) is 19.0 Å². The number of ketones is 1. The third-order valence-electron chi connectivity index (χ3n) is 5.97. The van der Waals surface area contributed by atoms with Crippen LogP contribution in [-0.4, -0.2) is 34.0 Å². The van der Waals surface area contributed by atoms with Crippen molar-refractivity contribution in [2.24, 2.45) is 0 Å². The third-order valence-corrected chi connectivity index (χ3v) is 5.97. The smallest absolute Gasteiger partial charge is 0.219 e. The summed E-state index contributed by atoms with van der Waals surface area (Å²) in [5.41, 5.74) is 5.28. The van der Waals surface area contributed by atoms with Crippen LogP contribution in [0.4, 0.5) is 5.69 Å². The molecule has 0 bridgehead atoms. The van der Waals surface area contributed by atoms with Crippen molar-refractivity contribution in [3.63, 3.8) is 0 Å². The lowest BCUT2D eigenvalue weighted by atomic mass is 9.77. The average Bonchev–Trinajstić information content (AvgIpc) is 3.37. The van der Waals surface area contributed by atoms with Gasteiger partial charge in [0.15, 0.2) is 5.78 Å². The summed E-state index contributed by atoms with van der Waals surface area (Å²) in [7, 11) is 1.57. The number of hydrogen-bond acceptors (Lipinski definition) is 7. The molecule has 0 saturated carbocycles. The lowest BCUT2D eigenvalue weighted by Gasteiger charge is -2.33. The first-order valence-corrected chi connectivity index (χ1v) is 11.2. The second kappa shape index (κ2) is 9.79. The highest BCUT2D eigenvalue weighted by Crippen LogP contribution is 2.49. The van der Waals surface area contributed by atoms with Gasteiger partial charge in [0, 0.05) is 48.4 Å². The van der Waals surface area contributed by atoms with E-state index < -0.39 is 5.92 Å². The number of benzene rings is 1. The summed E-state index contributed by atoms with van der Waals surface area (Å²) in [6, 6.07) is 7.45. The predicted molar refractivity (Wildman–Crippen MR) is 128 cm³/mol. The minimum Gasteiger partial charge on any atom is -0.496 e. The summed E-state index contributed by atoms with van der Waals surface area (Å²) in [6.45, 7) is 6.74. The van der Waals surface area contributed by atoms with E-state index in [9.17, 15) is 10.1 Å². The van der Waals surface area contributed by atoms with Crippen molar-refractivity contribution in [3.05, 3.63) is 76.6 Å². The Labute approximate surface area is 198 Å². The highest BCUT2D eigenvalue weighted by atomic mass is 16.5. The Morgan fingerprint density at radius 2 is 2.15 bits per heavy atom. The minimum absolute atomic E-state index is 0.00437. The molecule has 4 rings (SSSR count). The second-order valence-electron chi connectivity index (χ2n) is 8.11. The Kier molecular flexibility index (Phi) is 6.64. The average molecular weight is 458 g/mol. The number of hydrogen-bond donors (Lipinski definition) is 1. The molecule has 0 saturated heterocycles. The number of allylic oxidation sites excluding steroid dienone is 2. The largest absolute Gasteiger partial charge is 0.496 e. The van der Waals surface area contributed by atoms with Gasteiger partial charge in [0.25, 0.3) is 0 Å². The maximum Gasteiger partial charge on any atom is 0.219 e. The van der Waals surface area contributed by atoms with Crippen LogP contribution in [0, 0.1) is 18.3 Å². The Morgan fingerprint density at radius 1 is 1.32 bits per heavy atom. The monoisotopic (exact) mass is 457 g/mol. The van der Waals surface area contributed by atoms with Crippen molar-refractivity contribution in [3.8, 4) is 17.7 Å². The number of fused-ring (bicyclic) bond motifs is 1. The third kappa shape index (κ3) is 4.25. The molecular formula is C26H27N5O3. The van der Waals surface area contributed by atoms with Crippen molar-refractivity contribution < 1.29 is 14.3 Å². The molecule has 3 heterocycles. The topological polar surface area (TPSA) is 102 Å². The molecule has 0 aliphatic carbocycles. The van der Waals surface area contributed by atoms with Gasteiger partial charge in [0.2, 0.25) is 5.88 Å². The van der Waals surface area contributed by atoms with Crippen LogP contribution in [-0.2, 0) is 11.3 Å². The van der Waals surface area contributed by atoms with E-state index in [2.05, 4.69) is 21.4 Å². The number of nitriles is 1. The van der Waals surface area contributed by atoms with Crippen molar-refractivity contribution in [2.45, 2.75) is 39.7 Å². The zero-order valence-electron chi connectivity index (χ0n) is 19.8. The molecular weight excluding hydrogens is 430 g/mol. The molecule has 1 aliphatic rings. The quantitative estimate of drug-likeness (QED) is 0.536. The number of aromatic nitrogens is 3. The summed E-state index contributed by atoms with van der Waals surface area (Å²) in [4.78, 5) is 22.3. The summed E-state index contributed by atoms with van der Waals surface area (Å²) in [5.74, 6) is 0.542. The van der Waals surface area contributed by atoms with Crippen LogP contribution in [0.5, 0.6) is 11.6 Å². The molecule has 1 aromatic carbocycles. The maximum atomic E-state index is 13.7. The zero-order chi connectivity index (χ0) is 24.2. The zero-order valence-corrected chi connectivity index (χ0v) is 19.8. The van der Waals surface area contributed by atoms with Gasteiger partial charge in [0.05, 0.1) is 48.8 Å². The first kappa shape index (κ1) is 23.1. The van der Waals surface area contributed by atoms with Crippen LogP contribution >= 0.6 is 0 Å². The van der Waals surface area contributed by atoms with E-state index >= 15 is 0 Å². The van der Waals surface area contributed by atoms with Gasteiger partial charge in [-0.15, -0.1) is 0 Å². The molecule has 1 aliphatic heterocycles. The number of ether oxygens (including phenoxy) is 2. The van der Waals surface area contributed by atoms with Gasteiger partial charge in [-0.05, 0) is 38.5 Å². The minimum atomic E-state index is -0.469. The van der Waals surface area contributed by atoms with Crippen molar-refractivity contribution in [1.82, 2.24) is 14.5 Å². The number of aryl methyl sites for hydroxylation is 2. The van der Waals surface area contributed by atoms with Gasteiger partial charge in [-0.25, -0.2) is 9.97 Å². The van der Waals surface area contributed by atoms with Gasteiger partial charge in [-0.2, -0.15) is 5.26 Å². The molecule has 8 nitrogen and oxygen atoms in total. The number of pyridine rings is 1. The van der Waals surface area contributed by atoms with E-state index in [4.69, 9.17) is 9.47 Å². The lowest BCUT2D eigenvalue weighted by Crippen LogP contribution is -2.25. The van der Waals surface area contributed by atoms with Crippen LogP contribution in [0.15, 0.2) is 54.4 Å². The molecule has 1 atom stereocenters. The summed E-state index contributed by atoms with van der Waals surface area (Å²) >= 11 is 0. The first-order chi connectivity index (χ1) is 16.5. The number of imidazole rings is 1. The molecule has 1 N–H and O–H groups in total. The van der Waals surface area contributed by atoms with Crippen LogP contribution in [0.3, 0.4) is 0 Å². The molecule has 0 fully saturated rings. The number of rotatable bonds is 8. The van der Waals surface area contributed by atoms with E-state index in [-0.39, 0.29) is 5.78 Å². The van der Waals surface area contributed by atoms with Gasteiger partial charge in [-0.3, -0.25) is 4.79 Å². The van der Waals surface area contributed by atoms with E-state index in [1.807, 2.05) is 37.6 Å². The summed E-state index contributed by atoms with van der Waals surface area (Å²) < 4.78 is 13.5. The molecule has 2 aromatic heterocycles. The standard InChI is InChI=1S/C26H27N5O3/c1-5-34-26-24-23(19-7-6-18(13-27)12-21(19)33-4)22(17(3)30-25(24)16(2)14-29-26)20(32)8-10-31-11-9-28-15-31/h6-7,9,11-12,14-15,23,30H,5,8,10H2,1-4H3.